The van der Waals surface area contributed by atoms with Gasteiger partial charge in [-0.2, -0.15) is 0 Å². The second kappa shape index (κ2) is 6.67. The van der Waals surface area contributed by atoms with Crippen LogP contribution < -0.4 is 0 Å². The van der Waals surface area contributed by atoms with Crippen molar-refractivity contribution in [2.75, 3.05) is 32.8 Å². The number of rotatable bonds is 3. The highest BCUT2D eigenvalue weighted by atomic mass is 16.5. The van der Waals surface area contributed by atoms with E-state index in [-0.39, 0.29) is 5.92 Å². The molecule has 104 valence electrons. The third-order valence-corrected chi connectivity index (χ3v) is 4.54. The van der Waals surface area contributed by atoms with Gasteiger partial charge in [-0.3, -0.25) is 4.79 Å². The molecule has 0 aromatic carbocycles. The fourth-order valence-corrected chi connectivity index (χ4v) is 3.22. The zero-order chi connectivity index (χ0) is 13.0. The standard InChI is InChI=1S/C15H27NO2/c1-12(2)13-4-5-15(17)14(10-13)11-16-6-3-8-18-9-7-16/h12-14H,3-11H2,1-2H3. The summed E-state index contributed by atoms with van der Waals surface area (Å²) in [6.07, 6.45) is 4.12. The van der Waals surface area contributed by atoms with Crippen LogP contribution in [0.2, 0.25) is 0 Å². The van der Waals surface area contributed by atoms with Crippen molar-refractivity contribution in [2.45, 2.75) is 39.5 Å². The van der Waals surface area contributed by atoms with Gasteiger partial charge in [0.05, 0.1) is 6.61 Å². The summed E-state index contributed by atoms with van der Waals surface area (Å²) in [6, 6.07) is 0. The highest BCUT2D eigenvalue weighted by Crippen LogP contribution is 2.32. The largest absolute Gasteiger partial charge is 0.380 e. The lowest BCUT2D eigenvalue weighted by Gasteiger charge is -2.33. The molecule has 0 aromatic heterocycles. The van der Waals surface area contributed by atoms with Gasteiger partial charge in [0.1, 0.15) is 5.78 Å². The van der Waals surface area contributed by atoms with Gasteiger partial charge in [-0.05, 0) is 31.1 Å². The van der Waals surface area contributed by atoms with Crippen LogP contribution in [-0.2, 0) is 9.53 Å². The maximum absolute atomic E-state index is 12.1. The molecule has 2 unspecified atom stereocenters. The van der Waals surface area contributed by atoms with Crippen molar-refractivity contribution in [2.24, 2.45) is 17.8 Å². The van der Waals surface area contributed by atoms with Gasteiger partial charge in [0.15, 0.2) is 0 Å². The number of nitrogens with zero attached hydrogens (tertiary/aromatic N) is 1. The summed E-state index contributed by atoms with van der Waals surface area (Å²) in [7, 11) is 0. The molecule has 1 aliphatic carbocycles. The first-order valence-electron chi connectivity index (χ1n) is 7.49. The molecular weight excluding hydrogens is 226 g/mol. The van der Waals surface area contributed by atoms with Crippen LogP contribution in [0.25, 0.3) is 0 Å². The Morgan fingerprint density at radius 1 is 1.33 bits per heavy atom. The Bertz CT molecular complexity index is 270. The fourth-order valence-electron chi connectivity index (χ4n) is 3.22. The van der Waals surface area contributed by atoms with Crippen molar-refractivity contribution in [1.82, 2.24) is 4.90 Å². The normalized spacial score (nSPS) is 31.6. The number of ketones is 1. The van der Waals surface area contributed by atoms with E-state index in [1.54, 1.807) is 0 Å². The Labute approximate surface area is 111 Å². The summed E-state index contributed by atoms with van der Waals surface area (Å²) in [4.78, 5) is 14.5. The van der Waals surface area contributed by atoms with Gasteiger partial charge >= 0.3 is 0 Å². The number of Topliss-reactive ketones (excluding diaryl/α,β-unsaturated/α-hetero) is 1. The zero-order valence-electron chi connectivity index (χ0n) is 11.9. The van der Waals surface area contributed by atoms with Crippen LogP contribution >= 0.6 is 0 Å². The third kappa shape index (κ3) is 3.79. The molecule has 1 aliphatic heterocycles. The second-order valence-electron chi connectivity index (χ2n) is 6.21. The molecule has 3 heteroatoms. The van der Waals surface area contributed by atoms with Gasteiger partial charge in [-0.1, -0.05) is 13.8 Å². The van der Waals surface area contributed by atoms with Crippen molar-refractivity contribution in [1.29, 1.82) is 0 Å². The average molecular weight is 253 g/mol. The topological polar surface area (TPSA) is 29.5 Å². The molecule has 0 amide bonds. The van der Waals surface area contributed by atoms with E-state index < -0.39 is 0 Å². The molecule has 2 aliphatic rings. The minimum absolute atomic E-state index is 0.282. The quantitative estimate of drug-likeness (QED) is 0.773. The highest BCUT2D eigenvalue weighted by molar-refractivity contribution is 5.82. The van der Waals surface area contributed by atoms with Gasteiger partial charge in [0.25, 0.3) is 0 Å². The van der Waals surface area contributed by atoms with Crippen LogP contribution in [0.4, 0.5) is 0 Å². The van der Waals surface area contributed by atoms with E-state index in [1.807, 2.05) is 0 Å². The number of ether oxygens (including phenoxy) is 1. The lowest BCUT2D eigenvalue weighted by atomic mass is 9.75. The number of hydrogen-bond donors (Lipinski definition) is 0. The Morgan fingerprint density at radius 3 is 2.94 bits per heavy atom. The first-order chi connectivity index (χ1) is 8.66. The molecule has 0 aromatic rings. The van der Waals surface area contributed by atoms with Gasteiger partial charge in [-0.15, -0.1) is 0 Å². The Morgan fingerprint density at radius 2 is 2.17 bits per heavy atom. The molecule has 2 fully saturated rings. The van der Waals surface area contributed by atoms with Crippen LogP contribution in [0.15, 0.2) is 0 Å². The summed E-state index contributed by atoms with van der Waals surface area (Å²) in [6.45, 7) is 9.34. The number of hydrogen-bond acceptors (Lipinski definition) is 3. The zero-order valence-corrected chi connectivity index (χ0v) is 11.9. The summed E-state index contributed by atoms with van der Waals surface area (Å²) in [5.41, 5.74) is 0. The minimum Gasteiger partial charge on any atom is -0.380 e. The van der Waals surface area contributed by atoms with E-state index in [4.69, 9.17) is 4.74 Å². The smallest absolute Gasteiger partial charge is 0.137 e. The number of carbonyl (C=O) groups is 1. The van der Waals surface area contributed by atoms with Crippen molar-refractivity contribution < 1.29 is 9.53 Å². The van der Waals surface area contributed by atoms with Crippen LogP contribution in [0, 0.1) is 17.8 Å². The molecule has 0 bridgehead atoms. The van der Waals surface area contributed by atoms with Gasteiger partial charge in [-0.25, -0.2) is 0 Å². The van der Waals surface area contributed by atoms with Crippen LogP contribution in [0.1, 0.15) is 39.5 Å². The second-order valence-corrected chi connectivity index (χ2v) is 6.21. The van der Waals surface area contributed by atoms with E-state index in [0.29, 0.717) is 11.7 Å². The van der Waals surface area contributed by atoms with Crippen molar-refractivity contribution in [3.05, 3.63) is 0 Å². The molecular formula is C15H27NO2. The van der Waals surface area contributed by atoms with Crippen molar-refractivity contribution in [3.63, 3.8) is 0 Å². The van der Waals surface area contributed by atoms with Gasteiger partial charge < -0.3 is 9.64 Å². The Kier molecular flexibility index (Phi) is 5.19. The van der Waals surface area contributed by atoms with Crippen molar-refractivity contribution >= 4 is 5.78 Å². The summed E-state index contributed by atoms with van der Waals surface area (Å²) in [5, 5.41) is 0. The van der Waals surface area contributed by atoms with Crippen LogP contribution in [0.5, 0.6) is 0 Å². The van der Waals surface area contributed by atoms with E-state index in [2.05, 4.69) is 18.7 Å². The van der Waals surface area contributed by atoms with E-state index in [1.165, 1.54) is 0 Å². The summed E-state index contributed by atoms with van der Waals surface area (Å²) >= 11 is 0. The lowest BCUT2D eigenvalue weighted by Crippen LogP contribution is -2.38. The predicted octanol–water partition coefficient (Wildman–Crippen LogP) is 2.35. The third-order valence-electron chi connectivity index (χ3n) is 4.54. The van der Waals surface area contributed by atoms with Gasteiger partial charge in [0, 0.05) is 38.6 Å². The minimum atomic E-state index is 0.282. The van der Waals surface area contributed by atoms with Crippen LogP contribution in [0.3, 0.4) is 0 Å². The molecule has 18 heavy (non-hydrogen) atoms. The monoisotopic (exact) mass is 253 g/mol. The summed E-state index contributed by atoms with van der Waals surface area (Å²) in [5.74, 6) is 2.24. The van der Waals surface area contributed by atoms with E-state index in [9.17, 15) is 4.79 Å². The molecule has 1 saturated carbocycles. The molecule has 2 rings (SSSR count). The molecule has 3 nitrogen and oxygen atoms in total. The predicted molar refractivity (Wildman–Crippen MR) is 72.6 cm³/mol. The molecule has 1 saturated heterocycles. The number of carbonyl (C=O) groups excluding carboxylic acids is 1. The average Bonchev–Trinajstić information content (AvgIpc) is 2.60. The lowest BCUT2D eigenvalue weighted by molar-refractivity contribution is -0.126. The Hall–Kier alpha value is -0.410. The molecule has 0 spiro atoms. The van der Waals surface area contributed by atoms with Crippen LogP contribution in [-0.4, -0.2) is 43.5 Å². The first kappa shape index (κ1) is 14.0. The maximum atomic E-state index is 12.1. The highest BCUT2D eigenvalue weighted by Gasteiger charge is 2.31. The molecule has 2 atom stereocenters. The Balaban J connectivity index is 1.87. The molecule has 1 heterocycles. The molecule has 0 N–H and O–H groups in total. The van der Waals surface area contributed by atoms with E-state index >= 15 is 0 Å². The van der Waals surface area contributed by atoms with Gasteiger partial charge in [0.2, 0.25) is 0 Å². The maximum Gasteiger partial charge on any atom is 0.137 e. The fraction of sp³-hybridized carbons (Fsp3) is 0.933. The molecule has 0 radical (unpaired) electrons. The SMILES string of the molecule is CC(C)C1CCC(=O)C(CN2CCCOCC2)C1. The summed E-state index contributed by atoms with van der Waals surface area (Å²) < 4.78 is 5.47. The first-order valence-corrected chi connectivity index (χ1v) is 7.49. The van der Waals surface area contributed by atoms with Crippen molar-refractivity contribution in [3.8, 4) is 0 Å². The van der Waals surface area contributed by atoms with E-state index in [0.717, 1.165) is 64.4 Å².